The molecule has 0 spiro atoms. The molecule has 0 fully saturated rings. The minimum atomic E-state index is -5.15. The molecule has 1 aliphatic rings. The molecule has 0 unspecified atom stereocenters. The second kappa shape index (κ2) is 15.0. The lowest BCUT2D eigenvalue weighted by atomic mass is 9.93. The van der Waals surface area contributed by atoms with E-state index >= 15 is 8.78 Å². The zero-order valence-corrected chi connectivity index (χ0v) is 32.1. The first kappa shape index (κ1) is 42.1. The van der Waals surface area contributed by atoms with Crippen LogP contribution in [0, 0.1) is 29.4 Å². The van der Waals surface area contributed by atoms with Crippen molar-refractivity contribution >= 4 is 44.4 Å². The van der Waals surface area contributed by atoms with Crippen molar-refractivity contribution < 1.29 is 49.1 Å². The molecule has 3 aromatic heterocycles. The molecule has 58 heavy (non-hydrogen) atoms. The first-order valence-corrected chi connectivity index (χ1v) is 18.9. The molecular weight excluding hydrogens is 821 g/mol. The monoisotopic (exact) mass is 852 g/mol. The van der Waals surface area contributed by atoms with Crippen molar-refractivity contribution in [3.05, 3.63) is 106 Å². The van der Waals surface area contributed by atoms with Crippen LogP contribution in [0.3, 0.4) is 0 Å². The van der Waals surface area contributed by atoms with Crippen molar-refractivity contribution in [3.63, 3.8) is 0 Å². The SMILES string of the molecule is C=C[C@@H]1Cc2c(C(F)(F)F)nn(CC(=O)N[C@@H](Cc3cc(F)cc(F)c3)c3nc(C#CC(C)(C)O)ccc3-c3ccc(Cl)c4c(NS(N)(=O)=O)nn(C)c34)c2C1(F)F. The Kier molecular flexibility index (Phi) is 10.9. The maximum atomic E-state index is 15.5. The molecule has 0 aliphatic heterocycles. The van der Waals surface area contributed by atoms with Crippen LogP contribution in [-0.2, 0) is 53.5 Å². The third-order valence-electron chi connectivity index (χ3n) is 9.02. The van der Waals surface area contributed by atoms with Gasteiger partial charge in [-0.1, -0.05) is 29.7 Å². The average Bonchev–Trinajstić information content (AvgIpc) is 3.70. The number of hydrogen-bond acceptors (Lipinski definition) is 7. The lowest BCUT2D eigenvalue weighted by molar-refractivity contribution is -0.142. The number of alkyl halides is 5. The van der Waals surface area contributed by atoms with Crippen LogP contribution < -0.4 is 15.2 Å². The lowest BCUT2D eigenvalue weighted by Crippen LogP contribution is -2.35. The number of rotatable bonds is 10. The number of pyridine rings is 1. The minimum absolute atomic E-state index is 0.00663. The zero-order chi connectivity index (χ0) is 42.7. The van der Waals surface area contributed by atoms with E-state index in [0.717, 1.165) is 18.2 Å². The number of carbonyl (C=O) groups excluding carboxylic acids is 1. The van der Waals surface area contributed by atoms with Crippen LogP contribution in [0.1, 0.15) is 53.8 Å². The quantitative estimate of drug-likeness (QED) is 0.0751. The fourth-order valence-electron chi connectivity index (χ4n) is 6.78. The van der Waals surface area contributed by atoms with Gasteiger partial charge in [0.25, 0.3) is 16.1 Å². The van der Waals surface area contributed by atoms with Crippen LogP contribution in [0.2, 0.25) is 5.02 Å². The third kappa shape index (κ3) is 8.67. The van der Waals surface area contributed by atoms with E-state index in [9.17, 15) is 40.3 Å². The van der Waals surface area contributed by atoms with Gasteiger partial charge in [0.1, 0.15) is 35.2 Å². The highest BCUT2D eigenvalue weighted by molar-refractivity contribution is 7.90. The normalized spacial score (nSPS) is 15.8. The largest absolute Gasteiger partial charge is 0.435 e. The molecule has 0 saturated carbocycles. The number of allylic oxidation sites excluding steroid dienone is 1. The number of aliphatic hydroxyl groups is 1. The Labute approximate surface area is 331 Å². The molecule has 306 valence electrons. The minimum Gasteiger partial charge on any atom is -0.378 e. The first-order valence-electron chi connectivity index (χ1n) is 17.0. The van der Waals surface area contributed by atoms with Gasteiger partial charge in [0.2, 0.25) is 5.91 Å². The maximum absolute atomic E-state index is 15.5. The standard InChI is InChI=1S/C37H32ClF7N8O4S/c1-5-19-15-25-32(37(43,44)45)49-53(33(25)36(19,41)42)17-28(54)48-27(14-18-12-20(39)16-21(40)13-18)30-23(7-6-22(47-30)10-11-35(2,3)55)24-8-9-26(38)29-31(24)52(4)50-34(29)51-58(46,56)57/h5-9,12-13,16,19,27,55H,1,14-15,17H2,2-4H3,(H,48,54)(H,50,51)(H2,46,56,57)/t19-,27+/m1/s1. The predicted molar refractivity (Wildman–Crippen MR) is 198 cm³/mol. The van der Waals surface area contributed by atoms with Crippen LogP contribution in [0.4, 0.5) is 36.6 Å². The van der Waals surface area contributed by atoms with Crippen LogP contribution in [0.15, 0.2) is 55.1 Å². The van der Waals surface area contributed by atoms with Crippen molar-refractivity contribution in [2.24, 2.45) is 18.1 Å². The number of anilines is 1. The van der Waals surface area contributed by atoms with Crippen molar-refractivity contribution in [1.82, 2.24) is 29.9 Å². The highest BCUT2D eigenvalue weighted by atomic mass is 35.5. The van der Waals surface area contributed by atoms with Crippen molar-refractivity contribution in [2.75, 3.05) is 4.72 Å². The van der Waals surface area contributed by atoms with Gasteiger partial charge in [-0.2, -0.15) is 40.6 Å². The number of amides is 1. The van der Waals surface area contributed by atoms with E-state index in [0.29, 0.717) is 6.07 Å². The number of halogens is 8. The van der Waals surface area contributed by atoms with E-state index in [2.05, 4.69) is 43.6 Å². The molecule has 12 nitrogen and oxygen atoms in total. The summed E-state index contributed by atoms with van der Waals surface area (Å²) in [5.74, 6) is -3.69. The number of aryl methyl sites for hydroxylation is 1. The number of nitrogens with one attached hydrogen (secondary N) is 2. The molecule has 2 atom stereocenters. The molecule has 3 heterocycles. The summed E-state index contributed by atoms with van der Waals surface area (Å²) in [6.45, 7) is 4.95. The first-order chi connectivity index (χ1) is 26.9. The molecule has 2 aromatic carbocycles. The summed E-state index contributed by atoms with van der Waals surface area (Å²) in [6.07, 6.45) is -5.50. The van der Waals surface area contributed by atoms with Crippen LogP contribution >= 0.6 is 11.6 Å². The Balaban J connectivity index is 1.54. The second-order valence-corrected chi connectivity index (χ2v) is 15.7. The summed E-state index contributed by atoms with van der Waals surface area (Å²) >= 11 is 6.51. The summed E-state index contributed by atoms with van der Waals surface area (Å²) in [5.41, 5.74) is -4.50. The molecule has 5 aromatic rings. The van der Waals surface area contributed by atoms with Crippen LogP contribution in [0.5, 0.6) is 0 Å². The molecule has 6 rings (SSSR count). The van der Waals surface area contributed by atoms with E-state index in [-0.39, 0.29) is 54.5 Å². The molecular formula is C37H32ClF7N8O4S. The number of carbonyl (C=O) groups is 1. The summed E-state index contributed by atoms with van der Waals surface area (Å²) in [5, 5.41) is 25.8. The Morgan fingerprint density at radius 3 is 2.40 bits per heavy atom. The summed E-state index contributed by atoms with van der Waals surface area (Å²) < 4.78 is 130. The van der Waals surface area contributed by atoms with Gasteiger partial charge in [0.15, 0.2) is 11.5 Å². The van der Waals surface area contributed by atoms with Crippen molar-refractivity contribution in [1.29, 1.82) is 0 Å². The van der Waals surface area contributed by atoms with Crippen LogP contribution in [0.25, 0.3) is 22.0 Å². The Morgan fingerprint density at radius 2 is 1.79 bits per heavy atom. The predicted octanol–water partition coefficient (Wildman–Crippen LogP) is 6.07. The number of benzene rings is 2. The van der Waals surface area contributed by atoms with Crippen molar-refractivity contribution in [2.45, 2.75) is 57.0 Å². The van der Waals surface area contributed by atoms with Gasteiger partial charge in [-0.3, -0.25) is 18.9 Å². The highest BCUT2D eigenvalue weighted by Gasteiger charge is 2.55. The zero-order valence-electron chi connectivity index (χ0n) is 30.5. The van der Waals surface area contributed by atoms with E-state index in [1.54, 1.807) is 0 Å². The van der Waals surface area contributed by atoms with Gasteiger partial charge in [0, 0.05) is 29.8 Å². The fraction of sp³-hybridized carbons (Fsp3) is 0.297. The highest BCUT2D eigenvalue weighted by Crippen LogP contribution is 2.50. The summed E-state index contributed by atoms with van der Waals surface area (Å²) in [7, 11) is -2.91. The van der Waals surface area contributed by atoms with Gasteiger partial charge < -0.3 is 10.4 Å². The number of hydrogen-bond donors (Lipinski definition) is 4. The number of fused-ring (bicyclic) bond motifs is 2. The van der Waals surface area contributed by atoms with E-state index in [4.69, 9.17) is 16.7 Å². The molecule has 1 aliphatic carbocycles. The fourth-order valence-corrected chi connectivity index (χ4v) is 7.43. The van der Waals surface area contributed by atoms with Gasteiger partial charge in [-0.25, -0.2) is 18.9 Å². The molecule has 0 saturated heterocycles. The number of aromatic nitrogens is 5. The third-order valence-corrected chi connectivity index (χ3v) is 9.81. The molecule has 21 heteroatoms. The Bertz CT molecular complexity index is 2640. The van der Waals surface area contributed by atoms with E-state index in [1.807, 2.05) is 0 Å². The van der Waals surface area contributed by atoms with Crippen molar-refractivity contribution in [3.8, 4) is 23.0 Å². The van der Waals surface area contributed by atoms with Gasteiger partial charge >= 0.3 is 6.18 Å². The summed E-state index contributed by atoms with van der Waals surface area (Å²) in [6, 6.07) is 6.88. The molecule has 1 amide bonds. The number of nitrogens with two attached hydrogens (primary N) is 1. The second-order valence-electron chi connectivity index (χ2n) is 14.0. The van der Waals surface area contributed by atoms with E-state index < -0.39 is 93.7 Å². The molecule has 0 bridgehead atoms. The smallest absolute Gasteiger partial charge is 0.378 e. The maximum Gasteiger partial charge on any atom is 0.435 e. The Hall–Kier alpha value is -5.49. The van der Waals surface area contributed by atoms with Gasteiger partial charge in [-0.15, -0.1) is 6.58 Å². The average molecular weight is 853 g/mol. The molecule has 0 radical (unpaired) electrons. The lowest BCUT2D eigenvalue weighted by Gasteiger charge is -2.23. The van der Waals surface area contributed by atoms with Crippen LogP contribution in [-0.4, -0.2) is 49.6 Å². The summed E-state index contributed by atoms with van der Waals surface area (Å²) in [4.78, 5) is 18.5. The Morgan fingerprint density at radius 1 is 1.14 bits per heavy atom. The number of nitrogens with zero attached hydrogens (tertiary/aromatic N) is 5. The van der Waals surface area contributed by atoms with E-state index in [1.165, 1.54) is 49.8 Å². The topological polar surface area (TPSA) is 170 Å². The van der Waals surface area contributed by atoms with Gasteiger partial charge in [-0.05, 0) is 68.5 Å². The molecule has 5 N–H and O–H groups in total. The van der Waals surface area contributed by atoms with Gasteiger partial charge in [0.05, 0.1) is 33.6 Å².